The summed E-state index contributed by atoms with van der Waals surface area (Å²) >= 11 is 3.08. The molecule has 1 aliphatic carbocycles. The Labute approximate surface area is 114 Å². The molecule has 0 radical (unpaired) electrons. The number of hydrogen-bond donors (Lipinski definition) is 2. The molecule has 2 rings (SSSR count). The van der Waals surface area contributed by atoms with E-state index in [1.807, 2.05) is 0 Å². The summed E-state index contributed by atoms with van der Waals surface area (Å²) in [6.07, 6.45) is 2.58. The van der Waals surface area contributed by atoms with Crippen LogP contribution in [0.4, 0.5) is 4.39 Å². The van der Waals surface area contributed by atoms with Crippen LogP contribution in [-0.2, 0) is 10.0 Å². The highest BCUT2D eigenvalue weighted by Gasteiger charge is 2.34. The Morgan fingerprint density at radius 1 is 1.44 bits per heavy atom. The molecule has 1 aliphatic rings. The first kappa shape index (κ1) is 13.9. The second kappa shape index (κ2) is 4.88. The van der Waals surface area contributed by atoms with E-state index in [0.29, 0.717) is 4.47 Å². The molecular formula is C11H14BrFN2O2S. The molecule has 0 amide bonds. The average molecular weight is 337 g/mol. The maximum absolute atomic E-state index is 13.6. The summed E-state index contributed by atoms with van der Waals surface area (Å²) in [6, 6.07) is 3.83. The highest BCUT2D eigenvalue weighted by molar-refractivity contribution is 9.10. The van der Waals surface area contributed by atoms with E-state index in [0.717, 1.165) is 25.3 Å². The third-order valence-corrected chi connectivity index (χ3v) is 5.07. The summed E-state index contributed by atoms with van der Waals surface area (Å²) in [7, 11) is -3.84. The van der Waals surface area contributed by atoms with Crippen LogP contribution in [0.1, 0.15) is 19.3 Å². The fraction of sp³-hybridized carbons (Fsp3) is 0.455. The van der Waals surface area contributed by atoms with Crippen LogP contribution in [-0.4, -0.2) is 20.5 Å². The molecule has 7 heteroatoms. The molecule has 18 heavy (non-hydrogen) atoms. The van der Waals surface area contributed by atoms with E-state index >= 15 is 0 Å². The quantitative estimate of drug-likeness (QED) is 0.879. The van der Waals surface area contributed by atoms with Crippen molar-refractivity contribution in [3.05, 3.63) is 28.5 Å². The van der Waals surface area contributed by atoms with Gasteiger partial charge in [-0.3, -0.25) is 0 Å². The largest absolute Gasteiger partial charge is 0.324 e. The number of benzene rings is 1. The molecule has 0 unspecified atom stereocenters. The monoisotopic (exact) mass is 336 g/mol. The van der Waals surface area contributed by atoms with Crippen molar-refractivity contribution in [2.75, 3.05) is 6.54 Å². The zero-order valence-electron chi connectivity index (χ0n) is 9.62. The van der Waals surface area contributed by atoms with Crippen LogP contribution >= 0.6 is 15.9 Å². The molecule has 1 aromatic rings. The SMILES string of the molecule is NC1(CNS(=O)(=O)c2ccc(Br)cc2F)CCC1. The van der Waals surface area contributed by atoms with Gasteiger partial charge in [0, 0.05) is 16.6 Å². The minimum absolute atomic E-state index is 0.144. The van der Waals surface area contributed by atoms with Crippen molar-refractivity contribution in [1.29, 1.82) is 0 Å². The minimum atomic E-state index is -3.84. The Bertz CT molecular complexity index is 558. The second-order valence-electron chi connectivity index (χ2n) is 4.62. The molecule has 4 nitrogen and oxygen atoms in total. The van der Waals surface area contributed by atoms with Crippen molar-refractivity contribution in [3.8, 4) is 0 Å². The number of hydrogen-bond acceptors (Lipinski definition) is 3. The molecule has 0 bridgehead atoms. The van der Waals surface area contributed by atoms with Gasteiger partial charge in [0.25, 0.3) is 0 Å². The molecule has 0 atom stereocenters. The van der Waals surface area contributed by atoms with Gasteiger partial charge in [0.1, 0.15) is 10.7 Å². The van der Waals surface area contributed by atoms with Crippen molar-refractivity contribution in [2.24, 2.45) is 5.73 Å². The van der Waals surface area contributed by atoms with Crippen LogP contribution in [0.5, 0.6) is 0 Å². The lowest BCUT2D eigenvalue weighted by molar-refractivity contribution is 0.251. The van der Waals surface area contributed by atoms with E-state index in [-0.39, 0.29) is 11.4 Å². The fourth-order valence-electron chi connectivity index (χ4n) is 1.82. The first-order chi connectivity index (χ1) is 8.32. The third-order valence-electron chi connectivity index (χ3n) is 3.15. The third kappa shape index (κ3) is 2.90. The molecule has 0 aromatic heterocycles. The van der Waals surface area contributed by atoms with Crippen molar-refractivity contribution in [3.63, 3.8) is 0 Å². The van der Waals surface area contributed by atoms with Gasteiger partial charge >= 0.3 is 0 Å². The molecule has 1 saturated carbocycles. The minimum Gasteiger partial charge on any atom is -0.324 e. The predicted molar refractivity (Wildman–Crippen MR) is 70.1 cm³/mol. The zero-order chi connectivity index (χ0) is 13.4. The van der Waals surface area contributed by atoms with Gasteiger partial charge in [0.2, 0.25) is 10.0 Å². The summed E-state index contributed by atoms with van der Waals surface area (Å²) < 4.78 is 40.3. The average Bonchev–Trinajstić information content (AvgIpc) is 2.23. The Kier molecular flexibility index (Phi) is 3.77. The highest BCUT2D eigenvalue weighted by Crippen LogP contribution is 2.28. The van der Waals surface area contributed by atoms with Gasteiger partial charge in [-0.05, 0) is 37.5 Å². The maximum Gasteiger partial charge on any atom is 0.243 e. The maximum atomic E-state index is 13.6. The summed E-state index contributed by atoms with van der Waals surface area (Å²) in [5.74, 6) is -0.781. The summed E-state index contributed by atoms with van der Waals surface area (Å²) in [5.41, 5.74) is 5.45. The predicted octanol–water partition coefficient (Wildman–Crippen LogP) is 1.75. The zero-order valence-corrected chi connectivity index (χ0v) is 12.0. The van der Waals surface area contributed by atoms with Gasteiger partial charge in [0.15, 0.2) is 0 Å². The van der Waals surface area contributed by atoms with Crippen molar-refractivity contribution in [2.45, 2.75) is 29.7 Å². The molecule has 0 spiro atoms. The standard InChI is InChI=1S/C11H14BrFN2O2S/c12-8-2-3-10(9(13)6-8)18(16,17)15-7-11(14)4-1-5-11/h2-3,6,15H,1,4-5,7,14H2. The molecule has 0 saturated heterocycles. The smallest absolute Gasteiger partial charge is 0.243 e. The van der Waals surface area contributed by atoms with Crippen LogP contribution < -0.4 is 10.5 Å². The van der Waals surface area contributed by atoms with Crippen molar-refractivity contribution >= 4 is 26.0 Å². The number of halogens is 2. The molecule has 100 valence electrons. The lowest BCUT2D eigenvalue weighted by Gasteiger charge is -2.38. The Morgan fingerprint density at radius 2 is 2.11 bits per heavy atom. The van der Waals surface area contributed by atoms with Crippen molar-refractivity contribution < 1.29 is 12.8 Å². The lowest BCUT2D eigenvalue weighted by atomic mass is 9.78. The summed E-state index contributed by atoms with van der Waals surface area (Å²) in [6.45, 7) is 0.144. The van der Waals surface area contributed by atoms with Crippen LogP contribution in [0, 0.1) is 5.82 Å². The van der Waals surface area contributed by atoms with Crippen LogP contribution in [0.25, 0.3) is 0 Å². The first-order valence-corrected chi connectivity index (χ1v) is 7.84. The first-order valence-electron chi connectivity index (χ1n) is 5.56. The number of nitrogens with one attached hydrogen (secondary N) is 1. The van der Waals surface area contributed by atoms with Gasteiger partial charge in [0.05, 0.1) is 0 Å². The molecule has 0 heterocycles. The van der Waals surface area contributed by atoms with Gasteiger partial charge < -0.3 is 5.73 Å². The van der Waals surface area contributed by atoms with E-state index in [2.05, 4.69) is 20.7 Å². The van der Waals surface area contributed by atoms with E-state index in [1.54, 1.807) is 0 Å². The Morgan fingerprint density at radius 3 is 2.61 bits per heavy atom. The van der Waals surface area contributed by atoms with Crippen LogP contribution in [0.3, 0.4) is 0 Å². The molecule has 3 N–H and O–H groups in total. The number of nitrogens with two attached hydrogens (primary N) is 1. The van der Waals surface area contributed by atoms with E-state index in [9.17, 15) is 12.8 Å². The highest BCUT2D eigenvalue weighted by atomic mass is 79.9. The lowest BCUT2D eigenvalue weighted by Crippen LogP contribution is -2.54. The van der Waals surface area contributed by atoms with E-state index in [1.165, 1.54) is 12.1 Å². The summed E-state index contributed by atoms with van der Waals surface area (Å²) in [5, 5.41) is 0. The van der Waals surface area contributed by atoms with Crippen molar-refractivity contribution in [1.82, 2.24) is 4.72 Å². The van der Waals surface area contributed by atoms with Crippen LogP contribution in [0.2, 0.25) is 0 Å². The molecule has 0 aliphatic heterocycles. The van der Waals surface area contributed by atoms with Gasteiger partial charge in [-0.15, -0.1) is 0 Å². The van der Waals surface area contributed by atoms with Crippen LogP contribution in [0.15, 0.2) is 27.6 Å². The number of rotatable bonds is 4. The number of sulfonamides is 1. The van der Waals surface area contributed by atoms with Gasteiger partial charge in [-0.25, -0.2) is 17.5 Å². The Hall–Kier alpha value is -0.500. The topological polar surface area (TPSA) is 72.2 Å². The van der Waals surface area contributed by atoms with Gasteiger partial charge in [-0.1, -0.05) is 15.9 Å². The summed E-state index contributed by atoms with van der Waals surface area (Å²) in [4.78, 5) is -0.353. The van der Waals surface area contributed by atoms with E-state index in [4.69, 9.17) is 5.73 Å². The molecule has 1 fully saturated rings. The van der Waals surface area contributed by atoms with Gasteiger partial charge in [-0.2, -0.15) is 0 Å². The normalized spacial score (nSPS) is 18.4. The second-order valence-corrected chi connectivity index (χ2v) is 7.27. The van der Waals surface area contributed by atoms with E-state index < -0.39 is 21.4 Å². The fourth-order valence-corrected chi connectivity index (χ4v) is 3.35. The molecule has 1 aromatic carbocycles. The Balaban J connectivity index is 2.15. The molecular weight excluding hydrogens is 323 g/mol.